The van der Waals surface area contributed by atoms with Gasteiger partial charge in [-0.3, -0.25) is 0 Å². The van der Waals surface area contributed by atoms with Crippen LogP contribution in [0, 0.1) is 5.92 Å². The number of aliphatic hydroxyl groups excluding tert-OH is 1. The smallest absolute Gasteiger partial charge is 0.130 e. The number of ether oxygens (including phenoxy) is 1. The molecule has 122 valence electrons. The maximum atomic E-state index is 9.87. The van der Waals surface area contributed by atoms with Gasteiger partial charge in [0.05, 0.1) is 38.7 Å². The standard InChI is InChI=1S/C20H26NO2/c1-12-4-6-15-16-10-14-13(11-22)5-7-17-18(14)20(15,19(12)23-17)8-9-21(16,2)3/h5,7,15-16,19,22H,1,4,6,8-11H2,2-3H3/q+1/t15?,16?,19?,20-/m0/s1. The molecule has 5 rings (SSSR count). The van der Waals surface area contributed by atoms with Crippen LogP contribution < -0.4 is 4.74 Å². The molecular weight excluding hydrogens is 286 g/mol. The van der Waals surface area contributed by atoms with E-state index in [1.54, 1.807) is 0 Å². The van der Waals surface area contributed by atoms with Crippen LogP contribution in [0.1, 0.15) is 36.0 Å². The molecule has 4 aliphatic rings. The van der Waals surface area contributed by atoms with E-state index in [1.807, 2.05) is 0 Å². The predicted molar refractivity (Wildman–Crippen MR) is 89.4 cm³/mol. The third-order valence-electron chi connectivity index (χ3n) is 7.41. The van der Waals surface area contributed by atoms with Crippen LogP contribution in [0.5, 0.6) is 5.75 Å². The Morgan fingerprint density at radius 3 is 3.00 bits per heavy atom. The van der Waals surface area contributed by atoms with Crippen molar-refractivity contribution in [3.63, 3.8) is 0 Å². The average Bonchev–Trinajstić information content (AvgIpc) is 2.87. The van der Waals surface area contributed by atoms with Gasteiger partial charge in [-0.15, -0.1) is 0 Å². The van der Waals surface area contributed by atoms with E-state index in [9.17, 15) is 5.11 Å². The fourth-order valence-electron chi connectivity index (χ4n) is 6.28. The van der Waals surface area contributed by atoms with Crippen molar-refractivity contribution < 1.29 is 14.3 Å². The van der Waals surface area contributed by atoms with E-state index in [4.69, 9.17) is 4.74 Å². The third kappa shape index (κ3) is 1.49. The highest BCUT2D eigenvalue weighted by Crippen LogP contribution is 2.64. The highest BCUT2D eigenvalue weighted by Gasteiger charge is 2.67. The lowest BCUT2D eigenvalue weighted by atomic mass is 9.50. The van der Waals surface area contributed by atoms with Crippen LogP contribution in [0.2, 0.25) is 0 Å². The van der Waals surface area contributed by atoms with E-state index in [2.05, 4.69) is 32.8 Å². The first-order valence-electron chi connectivity index (χ1n) is 8.92. The Morgan fingerprint density at radius 1 is 1.39 bits per heavy atom. The molecule has 1 aromatic rings. The third-order valence-corrected chi connectivity index (χ3v) is 7.41. The summed E-state index contributed by atoms with van der Waals surface area (Å²) in [5, 5.41) is 9.87. The summed E-state index contributed by atoms with van der Waals surface area (Å²) in [5.74, 6) is 1.75. The molecule has 0 amide bonds. The monoisotopic (exact) mass is 312 g/mol. The number of quaternary nitrogens is 1. The Kier molecular flexibility index (Phi) is 2.57. The maximum Gasteiger partial charge on any atom is 0.130 e. The number of likely N-dealkylation sites (tertiary alicyclic amines) is 1. The number of hydrogen-bond donors (Lipinski definition) is 1. The predicted octanol–water partition coefficient (Wildman–Crippen LogP) is 2.55. The molecule has 3 heteroatoms. The first-order chi connectivity index (χ1) is 11.0. The lowest BCUT2D eigenvalue weighted by molar-refractivity contribution is -0.927. The molecule has 2 aliphatic heterocycles. The van der Waals surface area contributed by atoms with Gasteiger partial charge in [-0.2, -0.15) is 0 Å². The number of hydrogen-bond acceptors (Lipinski definition) is 2. The maximum absolute atomic E-state index is 9.87. The van der Waals surface area contributed by atoms with Crippen LogP contribution in [0.25, 0.3) is 0 Å². The molecule has 23 heavy (non-hydrogen) atoms. The van der Waals surface area contributed by atoms with Crippen molar-refractivity contribution in [2.75, 3.05) is 20.6 Å². The summed E-state index contributed by atoms with van der Waals surface area (Å²) >= 11 is 0. The van der Waals surface area contributed by atoms with E-state index >= 15 is 0 Å². The Hall–Kier alpha value is -1.32. The largest absolute Gasteiger partial charge is 0.485 e. The van der Waals surface area contributed by atoms with E-state index in [-0.39, 0.29) is 18.1 Å². The van der Waals surface area contributed by atoms with Crippen molar-refractivity contribution in [1.82, 2.24) is 0 Å². The van der Waals surface area contributed by atoms with Gasteiger partial charge in [-0.05, 0) is 35.6 Å². The molecule has 1 saturated heterocycles. The van der Waals surface area contributed by atoms with Crippen molar-refractivity contribution in [2.45, 2.75) is 49.9 Å². The van der Waals surface area contributed by atoms with Crippen molar-refractivity contribution in [1.29, 1.82) is 0 Å². The zero-order valence-electron chi connectivity index (χ0n) is 14.1. The van der Waals surface area contributed by atoms with Crippen molar-refractivity contribution in [3.8, 4) is 5.75 Å². The molecule has 3 unspecified atom stereocenters. The quantitative estimate of drug-likeness (QED) is 0.638. The summed E-state index contributed by atoms with van der Waals surface area (Å²) in [6.07, 6.45) is 4.77. The normalized spacial score (nSPS) is 38.9. The highest BCUT2D eigenvalue weighted by atomic mass is 16.5. The van der Waals surface area contributed by atoms with E-state index in [1.165, 1.54) is 36.1 Å². The van der Waals surface area contributed by atoms with Crippen molar-refractivity contribution >= 4 is 0 Å². The van der Waals surface area contributed by atoms with Gasteiger partial charge in [0.1, 0.15) is 11.9 Å². The van der Waals surface area contributed by atoms with Crippen LogP contribution in [-0.4, -0.2) is 42.4 Å². The number of benzene rings is 1. The molecule has 1 saturated carbocycles. The Morgan fingerprint density at radius 2 is 2.22 bits per heavy atom. The van der Waals surface area contributed by atoms with Gasteiger partial charge in [0.25, 0.3) is 0 Å². The van der Waals surface area contributed by atoms with E-state index in [0.29, 0.717) is 12.0 Å². The summed E-state index contributed by atoms with van der Waals surface area (Å²) in [5.41, 5.74) is 5.34. The fraction of sp³-hybridized carbons (Fsp3) is 0.600. The molecule has 2 fully saturated rings. The van der Waals surface area contributed by atoms with Crippen LogP contribution in [0.3, 0.4) is 0 Å². The number of rotatable bonds is 1. The number of likely N-dealkylation sites (N-methyl/N-ethyl adjacent to an activating group) is 1. The van der Waals surface area contributed by atoms with Crippen LogP contribution in [-0.2, 0) is 18.4 Å². The summed E-state index contributed by atoms with van der Waals surface area (Å²) < 4.78 is 7.57. The second kappa shape index (κ2) is 4.20. The molecule has 2 heterocycles. The molecule has 4 atom stereocenters. The van der Waals surface area contributed by atoms with Gasteiger partial charge >= 0.3 is 0 Å². The number of aliphatic hydroxyl groups is 1. The molecule has 2 aliphatic carbocycles. The van der Waals surface area contributed by atoms with E-state index in [0.717, 1.165) is 28.6 Å². The minimum Gasteiger partial charge on any atom is -0.485 e. The Labute approximate surface area is 138 Å². The van der Waals surface area contributed by atoms with Gasteiger partial charge < -0.3 is 14.3 Å². The van der Waals surface area contributed by atoms with Gasteiger partial charge in [-0.1, -0.05) is 12.6 Å². The molecule has 3 nitrogen and oxygen atoms in total. The summed E-state index contributed by atoms with van der Waals surface area (Å²) in [6.45, 7) is 5.71. The molecule has 0 radical (unpaired) electrons. The zero-order valence-corrected chi connectivity index (χ0v) is 14.1. The lowest BCUT2D eigenvalue weighted by Crippen LogP contribution is -2.69. The molecule has 1 spiro atoms. The van der Waals surface area contributed by atoms with Gasteiger partial charge in [0.2, 0.25) is 0 Å². The minimum absolute atomic E-state index is 0.127. The molecule has 1 aromatic carbocycles. The van der Waals surface area contributed by atoms with Crippen LogP contribution in [0.4, 0.5) is 0 Å². The highest BCUT2D eigenvalue weighted by molar-refractivity contribution is 5.58. The van der Waals surface area contributed by atoms with Crippen LogP contribution >= 0.6 is 0 Å². The zero-order chi connectivity index (χ0) is 16.0. The van der Waals surface area contributed by atoms with Gasteiger partial charge in [0.15, 0.2) is 0 Å². The molecule has 0 aromatic heterocycles. The second-order valence-corrected chi connectivity index (χ2v) is 8.60. The Bertz CT molecular complexity index is 723. The van der Waals surface area contributed by atoms with Crippen molar-refractivity contribution in [3.05, 3.63) is 41.0 Å². The van der Waals surface area contributed by atoms with Gasteiger partial charge in [0, 0.05) is 24.3 Å². The summed E-state index contributed by atoms with van der Waals surface area (Å²) in [7, 11) is 4.78. The van der Waals surface area contributed by atoms with Crippen LogP contribution in [0.15, 0.2) is 24.3 Å². The second-order valence-electron chi connectivity index (χ2n) is 8.60. The summed E-state index contributed by atoms with van der Waals surface area (Å²) in [4.78, 5) is 0. The van der Waals surface area contributed by atoms with E-state index < -0.39 is 0 Å². The number of nitrogens with zero attached hydrogens (tertiary/aromatic N) is 1. The Balaban J connectivity index is 1.82. The first-order valence-corrected chi connectivity index (χ1v) is 8.92. The van der Waals surface area contributed by atoms with Crippen molar-refractivity contribution in [2.24, 2.45) is 5.92 Å². The molecule has 1 N–H and O–H groups in total. The molecular formula is C20H26NO2+. The first kappa shape index (κ1) is 14.1. The topological polar surface area (TPSA) is 29.5 Å². The lowest BCUT2D eigenvalue weighted by Gasteiger charge is -2.60. The average molecular weight is 312 g/mol. The summed E-state index contributed by atoms with van der Waals surface area (Å²) in [6, 6.07) is 4.80. The minimum atomic E-state index is 0.127. The molecule has 2 bridgehead atoms. The van der Waals surface area contributed by atoms with Gasteiger partial charge in [-0.25, -0.2) is 0 Å². The number of piperidine rings is 1. The SMILES string of the molecule is C=C1CCC2C3Cc4c(CO)ccc5c4[C@@]2(CC[N+]3(C)C)C1O5. The fourth-order valence-corrected chi connectivity index (χ4v) is 6.28.